The number of methoxy groups -OCH3 is 1. The zero-order valence-corrected chi connectivity index (χ0v) is 19.2. The minimum Gasteiger partial charge on any atom is -0.497 e. The van der Waals surface area contributed by atoms with Crippen molar-refractivity contribution in [3.8, 4) is 5.75 Å². The molecule has 0 unspecified atom stereocenters. The van der Waals surface area contributed by atoms with E-state index in [0.717, 1.165) is 5.56 Å². The number of carbonyl (C=O) groups excluding carboxylic acids is 1. The first-order valence-corrected chi connectivity index (χ1v) is 11.9. The minimum absolute atomic E-state index is 0.159. The van der Waals surface area contributed by atoms with Crippen LogP contribution in [0.25, 0.3) is 0 Å². The molecule has 0 aliphatic carbocycles. The Morgan fingerprint density at radius 1 is 1.03 bits per heavy atom. The summed E-state index contributed by atoms with van der Waals surface area (Å²) < 4.78 is 28.6. The van der Waals surface area contributed by atoms with Crippen molar-refractivity contribution in [3.05, 3.63) is 59.2 Å². The maximum Gasteiger partial charge on any atom is 0.251 e. The van der Waals surface area contributed by atoms with Gasteiger partial charge in [0.15, 0.2) is 15.8 Å². The molecule has 0 saturated heterocycles. The monoisotopic (exact) mass is 446 g/mol. The van der Waals surface area contributed by atoms with Crippen molar-refractivity contribution >= 4 is 21.7 Å². The van der Waals surface area contributed by atoms with Crippen molar-refractivity contribution in [1.29, 1.82) is 0 Å². The number of hydrogen-bond donors (Lipinski definition) is 3. The smallest absolute Gasteiger partial charge is 0.251 e. The Morgan fingerprint density at radius 3 is 2.29 bits per heavy atom. The molecular formula is C22H30N4O4S. The first kappa shape index (κ1) is 24.2. The first-order chi connectivity index (χ1) is 14.7. The Kier molecular flexibility index (Phi) is 8.87. The van der Waals surface area contributed by atoms with Crippen LogP contribution in [0.1, 0.15) is 28.4 Å². The molecule has 0 bridgehead atoms. The normalized spacial score (nSPS) is 11.7. The molecular weight excluding hydrogens is 416 g/mol. The number of carbonyl (C=O) groups is 1. The van der Waals surface area contributed by atoms with E-state index in [1.807, 2.05) is 13.0 Å². The lowest BCUT2D eigenvalue weighted by Crippen LogP contribution is -2.41. The second kappa shape index (κ2) is 11.4. The number of amides is 1. The van der Waals surface area contributed by atoms with Gasteiger partial charge >= 0.3 is 0 Å². The van der Waals surface area contributed by atoms with Crippen LogP contribution >= 0.6 is 0 Å². The summed E-state index contributed by atoms with van der Waals surface area (Å²) in [5.41, 5.74) is 2.18. The lowest BCUT2D eigenvalue weighted by Gasteiger charge is -2.12. The summed E-state index contributed by atoms with van der Waals surface area (Å²) in [5.74, 6) is 1.16. The van der Waals surface area contributed by atoms with Crippen LogP contribution < -0.4 is 20.7 Å². The van der Waals surface area contributed by atoms with Crippen LogP contribution in [0.2, 0.25) is 0 Å². The van der Waals surface area contributed by atoms with Gasteiger partial charge in [-0.25, -0.2) is 13.4 Å². The van der Waals surface area contributed by atoms with Gasteiger partial charge in [0.05, 0.1) is 18.6 Å². The number of nitrogens with one attached hydrogen (secondary N) is 3. The topological polar surface area (TPSA) is 109 Å². The second-order valence-corrected chi connectivity index (χ2v) is 8.96. The number of rotatable bonds is 9. The van der Waals surface area contributed by atoms with E-state index in [4.69, 9.17) is 4.74 Å². The maximum atomic E-state index is 12.2. The van der Waals surface area contributed by atoms with E-state index in [9.17, 15) is 13.2 Å². The molecule has 0 aliphatic heterocycles. The number of sulfone groups is 1. The van der Waals surface area contributed by atoms with Gasteiger partial charge in [-0.1, -0.05) is 12.1 Å². The summed E-state index contributed by atoms with van der Waals surface area (Å²) in [4.78, 5) is 17.0. The van der Waals surface area contributed by atoms with E-state index >= 15 is 0 Å². The fourth-order valence-corrected chi connectivity index (χ4v) is 3.90. The van der Waals surface area contributed by atoms with Crippen molar-refractivity contribution in [2.75, 3.05) is 33.0 Å². The highest BCUT2D eigenvalue weighted by atomic mass is 32.2. The van der Waals surface area contributed by atoms with Gasteiger partial charge in [0.25, 0.3) is 5.91 Å². The number of aryl methyl sites for hydroxylation is 1. The molecule has 1 amide bonds. The van der Waals surface area contributed by atoms with Gasteiger partial charge in [0.2, 0.25) is 0 Å². The Bertz CT molecular complexity index is 1020. The van der Waals surface area contributed by atoms with Crippen LogP contribution in [0.4, 0.5) is 0 Å². The third-order valence-electron chi connectivity index (χ3n) is 4.46. The van der Waals surface area contributed by atoms with Crippen molar-refractivity contribution < 1.29 is 17.9 Å². The molecule has 0 aliphatic rings. The third kappa shape index (κ3) is 7.60. The lowest BCUT2D eigenvalue weighted by molar-refractivity contribution is 0.0954. The Labute approximate surface area is 184 Å². The average Bonchev–Trinajstić information content (AvgIpc) is 2.74. The van der Waals surface area contributed by atoms with E-state index in [0.29, 0.717) is 53.9 Å². The Balaban J connectivity index is 1.88. The minimum atomic E-state index is -3.24. The standard InChI is InChI=1S/C22H30N4O4S/c1-5-23-22(26-15-17-6-11-20(16(2)14-17)31(4,28)29)25-13-12-24-21(27)18-7-9-19(30-3)10-8-18/h6-11,14H,5,12-13,15H2,1-4H3,(H,24,27)(H2,23,25,26). The molecule has 0 atom stereocenters. The van der Waals surface area contributed by atoms with E-state index in [1.54, 1.807) is 50.4 Å². The highest BCUT2D eigenvalue weighted by Crippen LogP contribution is 2.17. The molecule has 2 aromatic rings. The van der Waals surface area contributed by atoms with Crippen LogP contribution in [0.3, 0.4) is 0 Å². The van der Waals surface area contributed by atoms with Crippen molar-refractivity contribution in [2.45, 2.75) is 25.3 Å². The van der Waals surface area contributed by atoms with Crippen molar-refractivity contribution in [3.63, 3.8) is 0 Å². The quantitative estimate of drug-likeness (QED) is 0.308. The van der Waals surface area contributed by atoms with Crippen molar-refractivity contribution in [1.82, 2.24) is 16.0 Å². The van der Waals surface area contributed by atoms with Gasteiger partial charge in [-0.2, -0.15) is 0 Å². The summed E-state index contributed by atoms with van der Waals surface area (Å²) in [5, 5.41) is 9.18. The fourth-order valence-electron chi connectivity index (χ4n) is 2.94. The molecule has 3 N–H and O–H groups in total. The molecule has 8 nitrogen and oxygen atoms in total. The van der Waals surface area contributed by atoms with Crippen LogP contribution in [0.5, 0.6) is 5.75 Å². The molecule has 0 saturated carbocycles. The van der Waals surface area contributed by atoms with Crippen molar-refractivity contribution in [2.24, 2.45) is 4.99 Å². The number of nitrogens with zero attached hydrogens (tertiary/aromatic N) is 1. The van der Waals surface area contributed by atoms with E-state index in [-0.39, 0.29) is 5.91 Å². The number of benzene rings is 2. The Hall–Kier alpha value is -3.07. The zero-order valence-electron chi connectivity index (χ0n) is 18.4. The van der Waals surface area contributed by atoms with Crippen LogP contribution in [0.15, 0.2) is 52.4 Å². The number of guanidine groups is 1. The average molecular weight is 447 g/mol. The third-order valence-corrected chi connectivity index (χ3v) is 5.71. The lowest BCUT2D eigenvalue weighted by atomic mass is 10.1. The molecule has 0 aromatic heterocycles. The van der Waals surface area contributed by atoms with Crippen LogP contribution in [0, 0.1) is 6.92 Å². The van der Waals surface area contributed by atoms with Gasteiger partial charge in [0.1, 0.15) is 5.75 Å². The predicted molar refractivity (Wildman–Crippen MR) is 122 cm³/mol. The zero-order chi connectivity index (χ0) is 22.9. The number of ether oxygens (including phenoxy) is 1. The van der Waals surface area contributed by atoms with Crippen LogP contribution in [-0.4, -0.2) is 53.3 Å². The largest absolute Gasteiger partial charge is 0.497 e. The molecule has 9 heteroatoms. The fraction of sp³-hybridized carbons (Fsp3) is 0.364. The summed E-state index contributed by atoms with van der Waals surface area (Å²) in [6.07, 6.45) is 1.20. The maximum absolute atomic E-state index is 12.2. The van der Waals surface area contributed by atoms with Gasteiger partial charge in [-0.3, -0.25) is 4.79 Å². The highest BCUT2D eigenvalue weighted by Gasteiger charge is 2.11. The van der Waals surface area contributed by atoms with Gasteiger partial charge in [0, 0.05) is 31.5 Å². The summed E-state index contributed by atoms with van der Waals surface area (Å²) in [6.45, 7) is 5.76. The van der Waals surface area contributed by atoms with E-state index in [2.05, 4.69) is 20.9 Å². The van der Waals surface area contributed by atoms with E-state index in [1.165, 1.54) is 6.26 Å². The molecule has 168 valence electrons. The SMILES string of the molecule is CCNC(=NCc1ccc(S(C)(=O)=O)c(C)c1)NCCNC(=O)c1ccc(OC)cc1. The molecule has 0 fully saturated rings. The van der Waals surface area contributed by atoms with Gasteiger partial charge in [-0.15, -0.1) is 0 Å². The summed E-state index contributed by atoms with van der Waals surface area (Å²) in [7, 11) is -1.66. The molecule has 2 rings (SSSR count). The molecule has 0 radical (unpaired) electrons. The van der Waals surface area contributed by atoms with Gasteiger partial charge < -0.3 is 20.7 Å². The molecule has 31 heavy (non-hydrogen) atoms. The summed E-state index contributed by atoms with van der Waals surface area (Å²) >= 11 is 0. The molecule has 0 heterocycles. The number of aliphatic imine (C=N–C) groups is 1. The van der Waals surface area contributed by atoms with Gasteiger partial charge in [-0.05, 0) is 55.3 Å². The highest BCUT2D eigenvalue weighted by molar-refractivity contribution is 7.90. The second-order valence-electron chi connectivity index (χ2n) is 6.98. The Morgan fingerprint density at radius 2 is 1.71 bits per heavy atom. The molecule has 0 spiro atoms. The number of hydrogen-bond acceptors (Lipinski definition) is 5. The van der Waals surface area contributed by atoms with Crippen LogP contribution in [-0.2, 0) is 16.4 Å². The predicted octanol–water partition coefficient (Wildman–Crippen LogP) is 1.89. The molecule has 2 aromatic carbocycles. The first-order valence-electron chi connectivity index (χ1n) is 9.98. The van der Waals surface area contributed by atoms with E-state index < -0.39 is 9.84 Å². The summed E-state index contributed by atoms with van der Waals surface area (Å²) in [6, 6.07) is 12.1.